The van der Waals surface area contributed by atoms with Crippen LogP contribution in [0.5, 0.6) is 0 Å². The van der Waals surface area contributed by atoms with Gasteiger partial charge in [-0.05, 0) is 24.5 Å². The molecule has 1 aromatic rings. The zero-order chi connectivity index (χ0) is 12.8. The average molecular weight is 256 g/mol. The number of aromatic nitrogens is 2. The lowest BCUT2D eigenvalue weighted by molar-refractivity contribution is 0.321. The Morgan fingerprint density at radius 2 is 2.00 bits per heavy atom. The first kappa shape index (κ1) is 14.5. The predicted octanol–water partition coefficient (Wildman–Crippen LogP) is 2.09. The van der Waals surface area contributed by atoms with E-state index >= 15 is 0 Å². The topological polar surface area (TPSA) is 41.0 Å². The van der Waals surface area contributed by atoms with Crippen LogP contribution < -0.4 is 5.32 Å². The van der Waals surface area contributed by atoms with Gasteiger partial charge < -0.3 is 5.32 Å². The van der Waals surface area contributed by atoms with Crippen molar-refractivity contribution in [2.45, 2.75) is 46.2 Å². The first-order chi connectivity index (χ1) is 8.00. The summed E-state index contributed by atoms with van der Waals surface area (Å²) < 4.78 is 4.05. The van der Waals surface area contributed by atoms with Gasteiger partial charge in [-0.15, -0.1) is 5.10 Å². The van der Waals surface area contributed by atoms with Gasteiger partial charge in [0, 0.05) is 25.7 Å². The van der Waals surface area contributed by atoms with Crippen molar-refractivity contribution in [3.8, 4) is 0 Å². The molecule has 98 valence electrons. The molecule has 1 heterocycles. The third-order valence-corrected chi connectivity index (χ3v) is 3.31. The molecule has 0 fully saturated rings. The molecular weight excluding hydrogens is 232 g/mol. The van der Waals surface area contributed by atoms with Crippen LogP contribution in [0.25, 0.3) is 0 Å². The van der Waals surface area contributed by atoms with Gasteiger partial charge >= 0.3 is 0 Å². The highest BCUT2D eigenvalue weighted by Crippen LogP contribution is 2.20. The molecule has 1 rings (SSSR count). The monoisotopic (exact) mass is 256 g/mol. The molecule has 0 spiro atoms. The number of nitrogens with zero attached hydrogens (tertiary/aromatic N) is 3. The molecule has 0 saturated carbocycles. The molecule has 0 saturated heterocycles. The van der Waals surface area contributed by atoms with Crippen LogP contribution in [0.15, 0.2) is 0 Å². The van der Waals surface area contributed by atoms with Crippen LogP contribution in [0, 0.1) is 0 Å². The zero-order valence-corrected chi connectivity index (χ0v) is 12.3. The Bertz CT molecular complexity index is 322. The fourth-order valence-corrected chi connectivity index (χ4v) is 2.51. The highest BCUT2D eigenvalue weighted by Gasteiger charge is 2.13. The first-order valence-electron chi connectivity index (χ1n) is 6.23. The van der Waals surface area contributed by atoms with Crippen molar-refractivity contribution in [3.63, 3.8) is 0 Å². The summed E-state index contributed by atoms with van der Waals surface area (Å²) in [6, 6.07) is 0.555. The van der Waals surface area contributed by atoms with Gasteiger partial charge in [-0.3, -0.25) is 4.90 Å². The van der Waals surface area contributed by atoms with Gasteiger partial charge in [0.25, 0.3) is 0 Å². The molecule has 0 aliphatic carbocycles. The smallest absolute Gasteiger partial charge is 0.0826 e. The van der Waals surface area contributed by atoms with Gasteiger partial charge in [-0.25, -0.2) is 0 Å². The summed E-state index contributed by atoms with van der Waals surface area (Å²) in [5, 5.41) is 7.63. The number of hydrogen-bond donors (Lipinski definition) is 1. The van der Waals surface area contributed by atoms with E-state index in [9.17, 15) is 0 Å². The number of nitrogens with one attached hydrogen (secondary N) is 1. The second-order valence-electron chi connectivity index (χ2n) is 5.08. The molecule has 0 amide bonds. The molecule has 0 unspecified atom stereocenters. The Kier molecular flexibility index (Phi) is 6.02. The Morgan fingerprint density at radius 1 is 1.29 bits per heavy atom. The van der Waals surface area contributed by atoms with Crippen molar-refractivity contribution >= 4 is 11.5 Å². The quantitative estimate of drug-likeness (QED) is 0.811. The van der Waals surface area contributed by atoms with Gasteiger partial charge in [-0.1, -0.05) is 32.2 Å². The summed E-state index contributed by atoms with van der Waals surface area (Å²) in [6.07, 6.45) is 0. The highest BCUT2D eigenvalue weighted by atomic mass is 32.1. The van der Waals surface area contributed by atoms with E-state index in [1.165, 1.54) is 16.4 Å². The van der Waals surface area contributed by atoms with Crippen LogP contribution >= 0.6 is 11.5 Å². The second kappa shape index (κ2) is 7.03. The number of hydrogen-bond acceptors (Lipinski definition) is 5. The fourth-order valence-electron chi connectivity index (χ4n) is 1.63. The molecule has 0 aromatic carbocycles. The number of rotatable bonds is 7. The normalized spacial score (nSPS) is 12.0. The standard InChI is InChI=1S/C12H24N4S/c1-9(2)12-11(17-15-14-12)8-16(5)7-6-13-10(3)4/h9-10,13H,6-8H2,1-5H3. The van der Waals surface area contributed by atoms with Crippen LogP contribution in [0.2, 0.25) is 0 Å². The summed E-state index contributed by atoms with van der Waals surface area (Å²) >= 11 is 1.52. The van der Waals surface area contributed by atoms with E-state index < -0.39 is 0 Å². The molecule has 5 heteroatoms. The maximum atomic E-state index is 4.20. The maximum absolute atomic E-state index is 4.20. The molecule has 17 heavy (non-hydrogen) atoms. The Labute approximate surface area is 109 Å². The second-order valence-corrected chi connectivity index (χ2v) is 5.92. The lowest BCUT2D eigenvalue weighted by Gasteiger charge is -2.17. The van der Waals surface area contributed by atoms with Crippen molar-refractivity contribution in [2.75, 3.05) is 20.1 Å². The Morgan fingerprint density at radius 3 is 2.59 bits per heavy atom. The fraction of sp³-hybridized carbons (Fsp3) is 0.833. The average Bonchev–Trinajstić information content (AvgIpc) is 2.65. The molecule has 1 aromatic heterocycles. The summed E-state index contributed by atoms with van der Waals surface area (Å²) in [5.41, 5.74) is 1.15. The van der Waals surface area contributed by atoms with Crippen molar-refractivity contribution in [1.82, 2.24) is 19.8 Å². The summed E-state index contributed by atoms with van der Waals surface area (Å²) in [6.45, 7) is 11.7. The van der Waals surface area contributed by atoms with Gasteiger partial charge in [0.1, 0.15) is 0 Å². The van der Waals surface area contributed by atoms with E-state index in [2.05, 4.69) is 54.5 Å². The summed E-state index contributed by atoms with van der Waals surface area (Å²) in [4.78, 5) is 3.61. The molecule has 0 aliphatic rings. The van der Waals surface area contributed by atoms with Gasteiger partial charge in [-0.2, -0.15) is 0 Å². The van der Waals surface area contributed by atoms with Crippen molar-refractivity contribution in [1.29, 1.82) is 0 Å². The van der Waals surface area contributed by atoms with Crippen LogP contribution in [-0.2, 0) is 6.54 Å². The van der Waals surface area contributed by atoms with E-state index in [1.807, 2.05) is 0 Å². The minimum Gasteiger partial charge on any atom is -0.313 e. The van der Waals surface area contributed by atoms with Crippen molar-refractivity contribution in [2.24, 2.45) is 0 Å². The minimum absolute atomic E-state index is 0.464. The van der Waals surface area contributed by atoms with E-state index in [0.29, 0.717) is 12.0 Å². The molecule has 0 bridgehead atoms. The molecule has 1 N–H and O–H groups in total. The van der Waals surface area contributed by atoms with Crippen LogP contribution in [0.3, 0.4) is 0 Å². The molecule has 0 atom stereocenters. The predicted molar refractivity (Wildman–Crippen MR) is 73.5 cm³/mol. The van der Waals surface area contributed by atoms with E-state index in [-0.39, 0.29) is 0 Å². The van der Waals surface area contributed by atoms with Crippen LogP contribution in [0.4, 0.5) is 0 Å². The Balaban J connectivity index is 2.39. The first-order valence-corrected chi connectivity index (χ1v) is 7.01. The summed E-state index contributed by atoms with van der Waals surface area (Å²) in [7, 11) is 2.14. The van der Waals surface area contributed by atoms with Crippen LogP contribution in [0.1, 0.15) is 44.2 Å². The molecule has 4 nitrogen and oxygen atoms in total. The van der Waals surface area contributed by atoms with Gasteiger partial charge in [0.2, 0.25) is 0 Å². The third-order valence-electron chi connectivity index (χ3n) is 2.59. The molecule has 0 aliphatic heterocycles. The van der Waals surface area contributed by atoms with Gasteiger partial charge in [0.05, 0.1) is 10.6 Å². The Hall–Kier alpha value is -0.520. The SMILES string of the molecule is CC(C)NCCN(C)Cc1snnc1C(C)C. The van der Waals surface area contributed by atoms with E-state index in [1.54, 1.807) is 0 Å². The number of likely N-dealkylation sites (N-methyl/N-ethyl adjacent to an activating group) is 1. The third kappa shape index (κ3) is 5.10. The minimum atomic E-state index is 0.464. The lowest BCUT2D eigenvalue weighted by Crippen LogP contribution is -2.32. The highest BCUT2D eigenvalue weighted by molar-refractivity contribution is 7.05. The van der Waals surface area contributed by atoms with E-state index in [4.69, 9.17) is 0 Å². The maximum Gasteiger partial charge on any atom is 0.0826 e. The largest absolute Gasteiger partial charge is 0.313 e. The molecular formula is C12H24N4S. The zero-order valence-electron chi connectivity index (χ0n) is 11.5. The lowest BCUT2D eigenvalue weighted by atomic mass is 10.1. The van der Waals surface area contributed by atoms with Crippen LogP contribution in [-0.4, -0.2) is 40.7 Å². The molecule has 0 radical (unpaired) electrons. The van der Waals surface area contributed by atoms with E-state index in [0.717, 1.165) is 25.3 Å². The van der Waals surface area contributed by atoms with Crippen molar-refractivity contribution < 1.29 is 0 Å². The summed E-state index contributed by atoms with van der Waals surface area (Å²) in [5.74, 6) is 0.464. The van der Waals surface area contributed by atoms with Gasteiger partial charge in [0.15, 0.2) is 0 Å². The van der Waals surface area contributed by atoms with Crippen molar-refractivity contribution in [3.05, 3.63) is 10.6 Å².